The molecular formula is C13H11Cl2N5. The highest BCUT2D eigenvalue weighted by Gasteiger charge is 2.09. The molecule has 0 radical (unpaired) electrons. The van der Waals surface area contributed by atoms with Gasteiger partial charge in [-0.1, -0.05) is 23.2 Å². The van der Waals surface area contributed by atoms with Crippen LogP contribution in [0.25, 0.3) is 0 Å². The topological polar surface area (TPSA) is 73.6 Å². The Morgan fingerprint density at radius 2 is 2.15 bits per heavy atom. The van der Waals surface area contributed by atoms with Crippen LogP contribution in [0.2, 0.25) is 10.0 Å². The molecular weight excluding hydrogens is 297 g/mol. The van der Waals surface area contributed by atoms with Crippen molar-refractivity contribution in [1.82, 2.24) is 9.97 Å². The highest BCUT2D eigenvalue weighted by molar-refractivity contribution is 6.33. The zero-order valence-electron chi connectivity index (χ0n) is 10.6. The van der Waals surface area contributed by atoms with Crippen molar-refractivity contribution in [3.05, 3.63) is 40.0 Å². The third-order valence-electron chi connectivity index (χ3n) is 2.43. The fourth-order valence-corrected chi connectivity index (χ4v) is 1.85. The monoisotopic (exact) mass is 307 g/mol. The molecule has 0 aliphatic rings. The Hall–Kier alpha value is -2.03. The van der Waals surface area contributed by atoms with Crippen LogP contribution < -0.4 is 10.6 Å². The normalized spacial score (nSPS) is 9.90. The van der Waals surface area contributed by atoms with Crippen LogP contribution in [0.5, 0.6) is 0 Å². The Kier molecular flexibility index (Phi) is 4.61. The number of nitrogens with zero attached hydrogens (tertiary/aromatic N) is 3. The van der Waals surface area contributed by atoms with Gasteiger partial charge < -0.3 is 10.6 Å². The zero-order valence-corrected chi connectivity index (χ0v) is 12.1. The lowest BCUT2D eigenvalue weighted by atomic mass is 10.2. The molecule has 102 valence electrons. The first kappa shape index (κ1) is 14.4. The number of anilines is 3. The van der Waals surface area contributed by atoms with Gasteiger partial charge in [0, 0.05) is 11.6 Å². The van der Waals surface area contributed by atoms with Crippen molar-refractivity contribution in [3.63, 3.8) is 0 Å². The maximum Gasteiger partial charge on any atom is 0.224 e. The van der Waals surface area contributed by atoms with Crippen LogP contribution >= 0.6 is 23.2 Å². The van der Waals surface area contributed by atoms with Crippen molar-refractivity contribution < 1.29 is 0 Å². The van der Waals surface area contributed by atoms with Crippen molar-refractivity contribution in [2.75, 3.05) is 17.2 Å². The quantitative estimate of drug-likeness (QED) is 0.898. The minimum Gasteiger partial charge on any atom is -0.354 e. The number of hydrogen-bond acceptors (Lipinski definition) is 5. The summed E-state index contributed by atoms with van der Waals surface area (Å²) in [4.78, 5) is 8.29. The summed E-state index contributed by atoms with van der Waals surface area (Å²) in [5.74, 6) is 0.872. The molecule has 0 saturated heterocycles. The second-order valence-corrected chi connectivity index (χ2v) is 4.69. The Balaban J connectivity index is 2.37. The molecule has 0 aliphatic carbocycles. The van der Waals surface area contributed by atoms with E-state index in [9.17, 15) is 0 Å². The van der Waals surface area contributed by atoms with Gasteiger partial charge in [-0.15, -0.1) is 0 Å². The molecule has 2 rings (SSSR count). The minimum absolute atomic E-state index is 0.357. The maximum atomic E-state index is 9.08. The van der Waals surface area contributed by atoms with Gasteiger partial charge in [-0.3, -0.25) is 0 Å². The molecule has 2 N–H and O–H groups in total. The van der Waals surface area contributed by atoms with Gasteiger partial charge in [0.15, 0.2) is 5.82 Å². The SMILES string of the molecule is CCNc1ncc(Cl)c(Nc2cc(Cl)ccc2C#N)n1. The van der Waals surface area contributed by atoms with Gasteiger partial charge >= 0.3 is 0 Å². The van der Waals surface area contributed by atoms with Crippen LogP contribution in [-0.4, -0.2) is 16.5 Å². The Morgan fingerprint density at radius 1 is 1.35 bits per heavy atom. The van der Waals surface area contributed by atoms with E-state index in [0.717, 1.165) is 0 Å². The number of aromatic nitrogens is 2. The summed E-state index contributed by atoms with van der Waals surface area (Å²) >= 11 is 12.0. The lowest BCUT2D eigenvalue weighted by molar-refractivity contribution is 1.09. The second kappa shape index (κ2) is 6.42. The summed E-state index contributed by atoms with van der Waals surface area (Å²) in [5, 5.41) is 15.9. The van der Waals surface area contributed by atoms with Crippen molar-refractivity contribution >= 4 is 40.7 Å². The maximum absolute atomic E-state index is 9.08. The zero-order chi connectivity index (χ0) is 14.5. The van der Waals surface area contributed by atoms with Gasteiger partial charge in [-0.2, -0.15) is 10.2 Å². The van der Waals surface area contributed by atoms with Crippen LogP contribution in [0.4, 0.5) is 17.5 Å². The summed E-state index contributed by atoms with van der Waals surface area (Å²) in [5.41, 5.74) is 0.997. The number of benzene rings is 1. The fourth-order valence-electron chi connectivity index (χ4n) is 1.54. The van der Waals surface area contributed by atoms with Gasteiger partial charge in [0.25, 0.3) is 0 Å². The van der Waals surface area contributed by atoms with Gasteiger partial charge in [0.2, 0.25) is 5.95 Å². The van der Waals surface area contributed by atoms with E-state index in [-0.39, 0.29) is 0 Å². The molecule has 0 fully saturated rings. The molecule has 0 spiro atoms. The fraction of sp³-hybridized carbons (Fsp3) is 0.154. The highest BCUT2D eigenvalue weighted by Crippen LogP contribution is 2.27. The first-order chi connectivity index (χ1) is 9.63. The van der Waals surface area contributed by atoms with Crippen LogP contribution in [0, 0.1) is 11.3 Å². The van der Waals surface area contributed by atoms with Gasteiger partial charge in [-0.05, 0) is 25.1 Å². The largest absolute Gasteiger partial charge is 0.354 e. The summed E-state index contributed by atoms with van der Waals surface area (Å²) < 4.78 is 0. The van der Waals surface area contributed by atoms with Crippen LogP contribution in [0.3, 0.4) is 0 Å². The highest BCUT2D eigenvalue weighted by atomic mass is 35.5. The third-order valence-corrected chi connectivity index (χ3v) is 2.95. The predicted molar refractivity (Wildman–Crippen MR) is 80.7 cm³/mol. The van der Waals surface area contributed by atoms with E-state index in [1.807, 2.05) is 6.92 Å². The lowest BCUT2D eigenvalue weighted by Crippen LogP contribution is -2.05. The van der Waals surface area contributed by atoms with E-state index in [1.54, 1.807) is 18.2 Å². The van der Waals surface area contributed by atoms with E-state index in [1.165, 1.54) is 6.20 Å². The van der Waals surface area contributed by atoms with Gasteiger partial charge in [-0.25, -0.2) is 4.98 Å². The summed E-state index contributed by atoms with van der Waals surface area (Å²) in [6.07, 6.45) is 1.49. The second-order valence-electron chi connectivity index (χ2n) is 3.85. The van der Waals surface area contributed by atoms with E-state index in [4.69, 9.17) is 28.5 Å². The molecule has 20 heavy (non-hydrogen) atoms. The average molecular weight is 308 g/mol. The average Bonchev–Trinajstić information content (AvgIpc) is 2.43. The molecule has 1 heterocycles. The molecule has 0 atom stereocenters. The molecule has 0 bridgehead atoms. The number of nitrogens with one attached hydrogen (secondary N) is 2. The molecule has 5 nitrogen and oxygen atoms in total. The molecule has 0 unspecified atom stereocenters. The summed E-state index contributed by atoms with van der Waals surface area (Å²) in [6, 6.07) is 7.00. The summed E-state index contributed by atoms with van der Waals surface area (Å²) in [6.45, 7) is 2.64. The molecule has 2 aromatic rings. The number of nitriles is 1. The first-order valence-electron chi connectivity index (χ1n) is 5.87. The molecule has 0 amide bonds. The van der Waals surface area contributed by atoms with Crippen LogP contribution in [0.1, 0.15) is 12.5 Å². The van der Waals surface area contributed by atoms with E-state index < -0.39 is 0 Å². The Morgan fingerprint density at radius 3 is 2.85 bits per heavy atom. The predicted octanol–water partition coefficient (Wildman–Crippen LogP) is 3.83. The van der Waals surface area contributed by atoms with Crippen molar-refractivity contribution in [3.8, 4) is 6.07 Å². The smallest absolute Gasteiger partial charge is 0.224 e. The third kappa shape index (κ3) is 3.29. The molecule has 7 heteroatoms. The summed E-state index contributed by atoms with van der Waals surface area (Å²) in [7, 11) is 0. The van der Waals surface area contributed by atoms with E-state index >= 15 is 0 Å². The number of hydrogen-bond donors (Lipinski definition) is 2. The van der Waals surface area contributed by atoms with E-state index in [2.05, 4.69) is 26.7 Å². The van der Waals surface area contributed by atoms with Crippen LogP contribution in [-0.2, 0) is 0 Å². The molecule has 0 saturated carbocycles. The van der Waals surface area contributed by atoms with Crippen molar-refractivity contribution in [2.24, 2.45) is 0 Å². The first-order valence-corrected chi connectivity index (χ1v) is 6.62. The van der Waals surface area contributed by atoms with Gasteiger partial charge in [0.1, 0.15) is 11.1 Å². The van der Waals surface area contributed by atoms with E-state index in [0.29, 0.717) is 39.6 Å². The Labute approximate surface area is 126 Å². The van der Waals surface area contributed by atoms with Crippen molar-refractivity contribution in [1.29, 1.82) is 5.26 Å². The Bertz CT molecular complexity index is 666. The van der Waals surface area contributed by atoms with Gasteiger partial charge in [0.05, 0.1) is 17.4 Å². The standard InChI is InChI=1S/C13H11Cl2N5/c1-2-17-13-18-7-10(15)12(20-13)19-11-5-9(14)4-3-8(11)6-16/h3-5,7H,2H2,1H3,(H2,17,18,19,20). The molecule has 1 aromatic heterocycles. The molecule has 1 aromatic carbocycles. The lowest BCUT2D eigenvalue weighted by Gasteiger charge is -2.10. The molecule has 0 aliphatic heterocycles. The van der Waals surface area contributed by atoms with Crippen molar-refractivity contribution in [2.45, 2.75) is 6.92 Å². The number of rotatable bonds is 4. The van der Waals surface area contributed by atoms with Crippen LogP contribution in [0.15, 0.2) is 24.4 Å². The minimum atomic E-state index is 0.357. The number of halogens is 2.